The highest BCUT2D eigenvalue weighted by Crippen LogP contribution is 2.70. The van der Waals surface area contributed by atoms with Gasteiger partial charge in [0.2, 0.25) is 0 Å². The summed E-state index contributed by atoms with van der Waals surface area (Å²) in [6, 6.07) is 7.47. The summed E-state index contributed by atoms with van der Waals surface area (Å²) in [5.41, 5.74) is -6.59. The van der Waals surface area contributed by atoms with Gasteiger partial charge < -0.3 is 10.2 Å². The van der Waals surface area contributed by atoms with Crippen molar-refractivity contribution in [2.45, 2.75) is 126 Å². The van der Waals surface area contributed by atoms with Crippen molar-refractivity contribution in [3.63, 3.8) is 0 Å². The smallest absolute Gasteiger partial charge is 0.381 e. The van der Waals surface area contributed by atoms with Crippen LogP contribution in [0.4, 0.5) is 26.3 Å². The average Bonchev–Trinajstić information content (AvgIpc) is 3.21. The molecule has 0 aromatic heterocycles. The molecule has 4 aliphatic carbocycles. The van der Waals surface area contributed by atoms with Gasteiger partial charge in [0.15, 0.2) is 21.0 Å². The molecule has 0 spiro atoms. The van der Waals surface area contributed by atoms with Crippen LogP contribution >= 0.6 is 0 Å². The van der Waals surface area contributed by atoms with Crippen molar-refractivity contribution in [1.29, 1.82) is 0 Å². The second-order valence-electron chi connectivity index (χ2n) is 15.9. The Morgan fingerprint density at radius 3 is 2.13 bits per heavy atom. The first kappa shape index (κ1) is 35.0. The zero-order valence-corrected chi connectivity index (χ0v) is 27.6. The van der Waals surface area contributed by atoms with Crippen molar-refractivity contribution in [2.24, 2.45) is 52.3 Å². The number of alkyl halides is 6. The standard InChI is InChI=1S/C34H48F6O4S/c1-20-17-26-24-12-11-22-18-32(42,34(38,39)40)16-15-29(22,3)25(24)13-14-30(26,4)28(20)21(2)27(19-31(5,41)33(35,36)37)45(43,44)23-9-7-6-8-10-23/h6-10,20-22,24-28,41-42H,11-19H2,1-5H3/t20-,21+,22-,24+,25-,26-,27?,28+,29-,30-,31-,32-/m0/s1. The van der Waals surface area contributed by atoms with Gasteiger partial charge in [0, 0.05) is 6.42 Å². The Labute approximate surface area is 263 Å². The van der Waals surface area contributed by atoms with Crippen LogP contribution in [-0.2, 0) is 9.84 Å². The number of sulfone groups is 1. The quantitative estimate of drug-likeness (QED) is 0.299. The molecule has 5 rings (SSSR count). The van der Waals surface area contributed by atoms with Crippen LogP contribution < -0.4 is 0 Å². The van der Waals surface area contributed by atoms with E-state index in [0.29, 0.717) is 19.8 Å². The first-order valence-electron chi connectivity index (χ1n) is 16.4. The molecule has 4 fully saturated rings. The summed E-state index contributed by atoms with van der Waals surface area (Å²) in [7, 11) is -4.27. The lowest BCUT2D eigenvalue weighted by Gasteiger charge is -2.62. The highest BCUT2D eigenvalue weighted by atomic mass is 32.2. The van der Waals surface area contributed by atoms with E-state index in [1.165, 1.54) is 24.3 Å². The molecule has 0 heterocycles. The molecule has 2 N–H and O–H groups in total. The lowest BCUT2D eigenvalue weighted by atomic mass is 9.43. The fraction of sp³-hybridized carbons (Fsp3) is 0.824. The third kappa shape index (κ3) is 5.56. The molecule has 0 saturated heterocycles. The maximum atomic E-state index is 14.1. The van der Waals surface area contributed by atoms with E-state index in [9.17, 15) is 45.0 Å². The molecule has 0 bridgehead atoms. The van der Waals surface area contributed by atoms with Crippen molar-refractivity contribution >= 4 is 9.84 Å². The molecular formula is C34H48F6O4S. The van der Waals surface area contributed by atoms with Crippen LogP contribution in [-0.4, -0.2) is 47.4 Å². The summed E-state index contributed by atoms with van der Waals surface area (Å²) in [6.45, 7) is 8.66. The van der Waals surface area contributed by atoms with Crippen LogP contribution in [0.15, 0.2) is 35.2 Å². The topological polar surface area (TPSA) is 74.6 Å². The largest absolute Gasteiger partial charge is 0.417 e. The van der Waals surface area contributed by atoms with Crippen LogP contribution in [0.2, 0.25) is 0 Å². The average molecular weight is 667 g/mol. The Morgan fingerprint density at radius 1 is 0.933 bits per heavy atom. The Hall–Kier alpha value is -1.33. The van der Waals surface area contributed by atoms with E-state index in [1.54, 1.807) is 13.0 Å². The van der Waals surface area contributed by atoms with Gasteiger partial charge >= 0.3 is 12.4 Å². The first-order valence-corrected chi connectivity index (χ1v) is 17.9. The summed E-state index contributed by atoms with van der Waals surface area (Å²) in [6.07, 6.45) is -7.45. The van der Waals surface area contributed by atoms with Gasteiger partial charge in [-0.1, -0.05) is 45.9 Å². The van der Waals surface area contributed by atoms with Gasteiger partial charge in [-0.25, -0.2) is 8.42 Å². The second-order valence-corrected chi connectivity index (χ2v) is 18.1. The molecule has 0 radical (unpaired) electrons. The van der Waals surface area contributed by atoms with E-state index in [-0.39, 0.29) is 70.5 Å². The van der Waals surface area contributed by atoms with Gasteiger partial charge in [0.25, 0.3) is 0 Å². The molecule has 4 nitrogen and oxygen atoms in total. The maximum Gasteiger partial charge on any atom is 0.417 e. The Balaban J connectivity index is 1.46. The van der Waals surface area contributed by atoms with E-state index < -0.39 is 51.0 Å². The summed E-state index contributed by atoms with van der Waals surface area (Å²) < 4.78 is 111. The zero-order valence-electron chi connectivity index (χ0n) is 26.8. The van der Waals surface area contributed by atoms with E-state index in [4.69, 9.17) is 0 Å². The van der Waals surface area contributed by atoms with Crippen molar-refractivity contribution in [3.05, 3.63) is 30.3 Å². The van der Waals surface area contributed by atoms with Crippen LogP contribution in [0.25, 0.3) is 0 Å². The normalized spacial score (nSPS) is 41.7. The minimum Gasteiger partial charge on any atom is -0.381 e. The molecule has 4 saturated carbocycles. The number of aliphatic hydroxyl groups is 2. The molecule has 11 heteroatoms. The maximum absolute atomic E-state index is 14.1. The molecule has 45 heavy (non-hydrogen) atoms. The fourth-order valence-corrected chi connectivity index (χ4v) is 13.3. The molecule has 1 aromatic rings. The van der Waals surface area contributed by atoms with E-state index >= 15 is 0 Å². The van der Waals surface area contributed by atoms with Gasteiger partial charge in [-0.05, 0) is 123 Å². The summed E-state index contributed by atoms with van der Waals surface area (Å²) in [5.74, 6) is -0.639. The second kappa shape index (κ2) is 11.1. The lowest BCUT2D eigenvalue weighted by molar-refractivity contribution is -0.290. The Morgan fingerprint density at radius 2 is 1.56 bits per heavy atom. The monoisotopic (exact) mass is 666 g/mol. The first-order chi connectivity index (χ1) is 20.5. The van der Waals surface area contributed by atoms with Gasteiger partial charge in [-0.15, -0.1) is 0 Å². The third-order valence-electron chi connectivity index (χ3n) is 13.5. The number of halogens is 6. The minimum absolute atomic E-state index is 0.00488. The van der Waals surface area contributed by atoms with Crippen molar-refractivity contribution < 1.29 is 45.0 Å². The Kier molecular flexibility index (Phi) is 8.64. The number of rotatable bonds is 6. The van der Waals surface area contributed by atoms with E-state index in [2.05, 4.69) is 13.8 Å². The molecule has 1 unspecified atom stereocenters. The lowest BCUT2D eigenvalue weighted by Crippen LogP contribution is -2.59. The summed E-state index contributed by atoms with van der Waals surface area (Å²) in [4.78, 5) is -0.0711. The molecule has 1 aromatic carbocycles. The number of fused-ring (bicyclic) bond motifs is 5. The summed E-state index contributed by atoms with van der Waals surface area (Å²) in [5, 5.41) is 19.7. The van der Waals surface area contributed by atoms with Crippen LogP contribution in [0.1, 0.15) is 92.4 Å². The third-order valence-corrected chi connectivity index (χ3v) is 15.8. The van der Waals surface area contributed by atoms with E-state index in [0.717, 1.165) is 19.3 Å². The fourth-order valence-electron chi connectivity index (χ4n) is 11.1. The molecular weight excluding hydrogens is 618 g/mol. The number of benzene rings is 1. The number of hydrogen-bond acceptors (Lipinski definition) is 4. The predicted molar refractivity (Wildman–Crippen MR) is 159 cm³/mol. The van der Waals surface area contributed by atoms with Gasteiger partial charge in [0.05, 0.1) is 10.1 Å². The molecule has 12 atom stereocenters. The molecule has 0 aliphatic heterocycles. The van der Waals surface area contributed by atoms with Crippen molar-refractivity contribution in [2.75, 3.05) is 0 Å². The zero-order chi connectivity index (χ0) is 33.6. The summed E-state index contributed by atoms with van der Waals surface area (Å²) >= 11 is 0. The highest BCUT2D eigenvalue weighted by molar-refractivity contribution is 7.92. The van der Waals surface area contributed by atoms with Crippen LogP contribution in [0.5, 0.6) is 0 Å². The van der Waals surface area contributed by atoms with E-state index in [1.807, 2.05) is 6.92 Å². The van der Waals surface area contributed by atoms with Gasteiger partial charge in [-0.2, -0.15) is 26.3 Å². The predicted octanol–water partition coefficient (Wildman–Crippen LogP) is 8.37. The van der Waals surface area contributed by atoms with Crippen molar-refractivity contribution in [1.82, 2.24) is 0 Å². The highest BCUT2D eigenvalue weighted by Gasteiger charge is 2.67. The SMILES string of the molecule is C[C@H](C(C[C@](C)(O)C(F)(F)F)S(=O)(=O)c1ccccc1)[C@H]1[C@@H](C)C[C@H]2[C@@H]3CC[C@H]4C[C@](O)(C(F)(F)F)CC[C@]4(C)[C@H]3CC[C@]12C. The van der Waals surface area contributed by atoms with Crippen LogP contribution in [0, 0.1) is 52.3 Å². The van der Waals surface area contributed by atoms with Gasteiger partial charge in [0.1, 0.15) is 0 Å². The minimum atomic E-state index is -5.02. The number of hydrogen-bond donors (Lipinski definition) is 2. The Bertz CT molecular complexity index is 1350. The molecule has 256 valence electrons. The molecule has 4 aliphatic rings. The van der Waals surface area contributed by atoms with Crippen LogP contribution in [0.3, 0.4) is 0 Å². The molecule has 0 amide bonds. The van der Waals surface area contributed by atoms with Crippen molar-refractivity contribution in [3.8, 4) is 0 Å². The van der Waals surface area contributed by atoms with Gasteiger partial charge in [-0.3, -0.25) is 0 Å².